The Hall–Kier alpha value is -0.480. The first-order valence-electron chi connectivity index (χ1n) is 6.51. The molecule has 3 unspecified atom stereocenters. The molecule has 3 nitrogen and oxygen atoms in total. The number of hydrogen-bond acceptors (Lipinski definition) is 4. The minimum absolute atomic E-state index is 0.243. The second kappa shape index (κ2) is 6.62. The van der Waals surface area contributed by atoms with Crippen LogP contribution in [-0.2, 0) is 14.3 Å². The maximum atomic E-state index is 11.8. The smallest absolute Gasteiger partial charge is 0.333 e. The molecule has 0 bridgehead atoms. The molecule has 0 aliphatic heterocycles. The third-order valence-corrected chi connectivity index (χ3v) is 4.42. The van der Waals surface area contributed by atoms with Gasteiger partial charge in [0.1, 0.15) is 5.60 Å². The first kappa shape index (κ1) is 15.6. The van der Waals surface area contributed by atoms with Crippen molar-refractivity contribution in [3.63, 3.8) is 0 Å². The molecule has 0 amide bonds. The highest BCUT2D eigenvalue weighted by Gasteiger charge is 2.44. The van der Waals surface area contributed by atoms with Gasteiger partial charge in [-0.3, -0.25) is 0 Å². The number of methoxy groups -OCH3 is 1. The van der Waals surface area contributed by atoms with Crippen LogP contribution in [0.15, 0.2) is 12.2 Å². The van der Waals surface area contributed by atoms with E-state index in [4.69, 9.17) is 9.47 Å². The second-order valence-corrected chi connectivity index (χ2v) is 5.46. The summed E-state index contributed by atoms with van der Waals surface area (Å²) >= 11 is 4.42. The average molecular weight is 272 g/mol. The molecule has 0 saturated heterocycles. The fraction of sp³-hybridized carbons (Fsp3) is 0.786. The van der Waals surface area contributed by atoms with E-state index in [0.717, 1.165) is 25.7 Å². The summed E-state index contributed by atoms with van der Waals surface area (Å²) in [5.74, 6) is 0.657. The Morgan fingerprint density at radius 1 is 1.56 bits per heavy atom. The van der Waals surface area contributed by atoms with E-state index < -0.39 is 5.60 Å². The highest BCUT2D eigenvalue weighted by Crippen LogP contribution is 2.41. The number of rotatable bonds is 5. The van der Waals surface area contributed by atoms with E-state index in [2.05, 4.69) is 26.1 Å². The molecular formula is C14H24O3S. The number of hydrogen-bond donors (Lipinski definition) is 1. The summed E-state index contributed by atoms with van der Waals surface area (Å²) in [7, 11) is 1.74. The maximum absolute atomic E-state index is 11.8. The van der Waals surface area contributed by atoms with Crippen LogP contribution in [-0.4, -0.2) is 30.5 Å². The van der Waals surface area contributed by atoms with E-state index in [1.54, 1.807) is 14.0 Å². The minimum atomic E-state index is -0.396. The van der Waals surface area contributed by atoms with Gasteiger partial charge in [0, 0.05) is 18.6 Å². The molecule has 0 aromatic carbocycles. The van der Waals surface area contributed by atoms with Gasteiger partial charge < -0.3 is 9.47 Å². The lowest BCUT2D eigenvalue weighted by atomic mass is 9.73. The third-order valence-electron chi connectivity index (χ3n) is 3.98. The van der Waals surface area contributed by atoms with Gasteiger partial charge in [-0.1, -0.05) is 13.5 Å². The quantitative estimate of drug-likeness (QED) is 0.475. The highest BCUT2D eigenvalue weighted by molar-refractivity contribution is 7.80. The Labute approximate surface area is 115 Å². The number of carbonyl (C=O) groups is 1. The molecule has 1 aliphatic carbocycles. The fourth-order valence-electron chi connectivity index (χ4n) is 2.66. The highest BCUT2D eigenvalue weighted by atomic mass is 32.1. The molecule has 3 atom stereocenters. The van der Waals surface area contributed by atoms with Gasteiger partial charge in [0.05, 0.1) is 6.10 Å². The van der Waals surface area contributed by atoms with Crippen LogP contribution in [0.25, 0.3) is 0 Å². The number of carbonyl (C=O) groups excluding carboxylic acids is 1. The fourth-order valence-corrected chi connectivity index (χ4v) is 3.14. The average Bonchev–Trinajstić information content (AvgIpc) is 2.38. The van der Waals surface area contributed by atoms with Crippen molar-refractivity contribution in [1.29, 1.82) is 0 Å². The van der Waals surface area contributed by atoms with E-state index >= 15 is 0 Å². The van der Waals surface area contributed by atoms with E-state index in [-0.39, 0.29) is 18.0 Å². The first-order valence-corrected chi connectivity index (χ1v) is 7.14. The lowest BCUT2D eigenvalue weighted by Gasteiger charge is -2.44. The molecule has 0 N–H and O–H groups in total. The Morgan fingerprint density at radius 2 is 2.22 bits per heavy atom. The van der Waals surface area contributed by atoms with Crippen LogP contribution in [0.3, 0.4) is 0 Å². The summed E-state index contributed by atoms with van der Waals surface area (Å²) in [6.07, 6.45) is 3.74. The predicted octanol–water partition coefficient (Wildman–Crippen LogP) is 3.00. The largest absolute Gasteiger partial charge is 0.455 e. The summed E-state index contributed by atoms with van der Waals surface area (Å²) in [5.41, 5.74) is 0.0573. The molecular weight excluding hydrogens is 248 g/mol. The molecule has 0 radical (unpaired) electrons. The van der Waals surface area contributed by atoms with Gasteiger partial charge in [0.2, 0.25) is 0 Å². The topological polar surface area (TPSA) is 35.5 Å². The molecule has 0 spiro atoms. The van der Waals surface area contributed by atoms with Crippen molar-refractivity contribution in [2.45, 2.75) is 51.2 Å². The standard InChI is InChI=1S/C14H24O3S/c1-5-14(17-13(15)10(2)3)7-6-12(16-4)8-11(14)9-18/h11-12,18H,2,5-9H2,1,3-4H3. The van der Waals surface area contributed by atoms with E-state index in [1.807, 2.05) is 0 Å². The number of ether oxygens (including phenoxy) is 2. The van der Waals surface area contributed by atoms with Crippen LogP contribution in [0.4, 0.5) is 0 Å². The molecule has 18 heavy (non-hydrogen) atoms. The number of esters is 1. The monoisotopic (exact) mass is 272 g/mol. The normalized spacial score (nSPS) is 32.0. The molecule has 0 heterocycles. The Kier molecular flexibility index (Phi) is 5.73. The Bertz CT molecular complexity index is 316. The van der Waals surface area contributed by atoms with Gasteiger partial charge in [0.15, 0.2) is 0 Å². The van der Waals surface area contributed by atoms with Crippen LogP contribution in [0, 0.1) is 5.92 Å². The third kappa shape index (κ3) is 3.29. The Balaban J connectivity index is 2.84. The van der Waals surface area contributed by atoms with Crippen LogP contribution in [0.5, 0.6) is 0 Å². The van der Waals surface area contributed by atoms with Crippen molar-refractivity contribution < 1.29 is 14.3 Å². The molecule has 1 saturated carbocycles. The summed E-state index contributed by atoms with van der Waals surface area (Å²) in [6.45, 7) is 7.40. The molecule has 104 valence electrons. The van der Waals surface area contributed by atoms with Crippen LogP contribution >= 0.6 is 12.6 Å². The van der Waals surface area contributed by atoms with Gasteiger partial charge in [-0.25, -0.2) is 4.79 Å². The van der Waals surface area contributed by atoms with Crippen molar-refractivity contribution in [2.24, 2.45) is 5.92 Å². The summed E-state index contributed by atoms with van der Waals surface area (Å²) in [4.78, 5) is 11.8. The van der Waals surface area contributed by atoms with Crippen molar-refractivity contribution in [1.82, 2.24) is 0 Å². The second-order valence-electron chi connectivity index (χ2n) is 5.10. The van der Waals surface area contributed by atoms with Crippen LogP contribution < -0.4 is 0 Å². The van der Waals surface area contributed by atoms with Gasteiger partial charge in [0.25, 0.3) is 0 Å². The van der Waals surface area contributed by atoms with E-state index in [1.165, 1.54) is 0 Å². The molecule has 1 rings (SSSR count). The molecule has 0 aromatic heterocycles. The van der Waals surface area contributed by atoms with Gasteiger partial charge in [-0.15, -0.1) is 0 Å². The summed E-state index contributed by atoms with van der Waals surface area (Å²) in [5, 5.41) is 0. The van der Waals surface area contributed by atoms with E-state index in [0.29, 0.717) is 11.3 Å². The van der Waals surface area contributed by atoms with Gasteiger partial charge in [-0.05, 0) is 38.4 Å². The predicted molar refractivity (Wildman–Crippen MR) is 75.9 cm³/mol. The maximum Gasteiger partial charge on any atom is 0.333 e. The molecule has 1 aliphatic rings. The van der Waals surface area contributed by atoms with Gasteiger partial charge >= 0.3 is 5.97 Å². The van der Waals surface area contributed by atoms with Crippen molar-refractivity contribution in [3.8, 4) is 0 Å². The number of thiol groups is 1. The van der Waals surface area contributed by atoms with Gasteiger partial charge in [-0.2, -0.15) is 12.6 Å². The van der Waals surface area contributed by atoms with Crippen LogP contribution in [0.2, 0.25) is 0 Å². The zero-order valence-corrected chi connectivity index (χ0v) is 12.5. The first-order chi connectivity index (χ1) is 8.49. The van der Waals surface area contributed by atoms with Crippen molar-refractivity contribution in [3.05, 3.63) is 12.2 Å². The molecule has 4 heteroatoms. The lowest BCUT2D eigenvalue weighted by molar-refractivity contribution is -0.170. The summed E-state index contributed by atoms with van der Waals surface area (Å²) < 4.78 is 11.2. The Morgan fingerprint density at radius 3 is 2.67 bits per heavy atom. The minimum Gasteiger partial charge on any atom is -0.455 e. The SMILES string of the molecule is C=C(C)C(=O)OC1(CC)CCC(OC)CC1CS. The zero-order chi connectivity index (χ0) is 13.8. The molecule has 1 fully saturated rings. The van der Waals surface area contributed by atoms with Crippen molar-refractivity contribution in [2.75, 3.05) is 12.9 Å². The lowest BCUT2D eigenvalue weighted by Crippen LogP contribution is -2.48. The van der Waals surface area contributed by atoms with E-state index in [9.17, 15) is 4.79 Å². The molecule has 0 aromatic rings. The summed E-state index contributed by atoms with van der Waals surface area (Å²) in [6, 6.07) is 0. The van der Waals surface area contributed by atoms with Crippen molar-refractivity contribution >= 4 is 18.6 Å². The van der Waals surface area contributed by atoms with Crippen LogP contribution in [0.1, 0.15) is 39.5 Å². The zero-order valence-electron chi connectivity index (χ0n) is 11.6.